The van der Waals surface area contributed by atoms with Crippen LogP contribution in [-0.4, -0.2) is 42.0 Å². The van der Waals surface area contributed by atoms with Crippen LogP contribution in [0.2, 0.25) is 0 Å². The molecule has 134 valence electrons. The first-order valence-electron chi connectivity index (χ1n) is 9.87. The molecule has 3 aliphatic rings. The second kappa shape index (κ2) is 6.71. The quantitative estimate of drug-likeness (QED) is 0.658. The predicted molar refractivity (Wildman–Crippen MR) is 104 cm³/mol. The second-order valence-electron chi connectivity index (χ2n) is 9.19. The van der Waals surface area contributed by atoms with Gasteiger partial charge in [0.25, 0.3) is 0 Å². The zero-order valence-corrected chi connectivity index (χ0v) is 16.3. The molecule has 1 heterocycles. The molecule has 24 heavy (non-hydrogen) atoms. The van der Waals surface area contributed by atoms with Gasteiger partial charge in [0, 0.05) is 37.9 Å². The molecule has 0 amide bonds. The first kappa shape index (κ1) is 17.8. The third kappa shape index (κ3) is 3.64. The van der Waals surface area contributed by atoms with Crippen molar-refractivity contribution in [3.63, 3.8) is 0 Å². The average Bonchev–Trinajstić information content (AvgIpc) is 2.64. The maximum absolute atomic E-state index is 4.47. The fraction of sp³-hybridized carbons (Fsp3) is 0.727. The highest BCUT2D eigenvalue weighted by Crippen LogP contribution is 2.50. The largest absolute Gasteiger partial charge is 0.372 e. The van der Waals surface area contributed by atoms with Crippen LogP contribution >= 0.6 is 0 Å². The van der Waals surface area contributed by atoms with Crippen LogP contribution in [-0.2, 0) is 0 Å². The van der Waals surface area contributed by atoms with Crippen LogP contribution in [0.3, 0.4) is 0 Å². The monoisotopic (exact) mass is 328 g/mol. The van der Waals surface area contributed by atoms with Crippen LogP contribution in [0, 0.1) is 10.8 Å². The minimum atomic E-state index is 0.307. The lowest BCUT2D eigenvalue weighted by molar-refractivity contribution is 0.122. The van der Waals surface area contributed by atoms with Gasteiger partial charge < -0.3 is 4.90 Å². The van der Waals surface area contributed by atoms with E-state index < -0.39 is 0 Å². The standard InChI is InChI=1S/C22H36N2/c1-18(2)23-12-14-24(15-13-23)20-8-6-10-22(17-20)11-7-9-21(4,5)19(3)16-22/h6,8,10,18H,3,7,9,11-17H2,1-2,4-5H3/t22-/m0/s1. The van der Waals surface area contributed by atoms with Crippen LogP contribution < -0.4 is 0 Å². The Morgan fingerprint density at radius 1 is 1.04 bits per heavy atom. The molecule has 1 spiro atoms. The first-order chi connectivity index (χ1) is 11.3. The minimum absolute atomic E-state index is 0.307. The van der Waals surface area contributed by atoms with Gasteiger partial charge in [0.15, 0.2) is 0 Å². The summed E-state index contributed by atoms with van der Waals surface area (Å²) in [5.74, 6) is 0. The molecule has 0 aromatic carbocycles. The molecule has 0 aromatic rings. The van der Waals surface area contributed by atoms with Gasteiger partial charge in [-0.1, -0.05) is 44.6 Å². The predicted octanol–water partition coefficient (Wildman–Crippen LogP) is 5.00. The molecule has 3 rings (SSSR count). The highest BCUT2D eigenvalue weighted by atomic mass is 15.3. The van der Waals surface area contributed by atoms with Gasteiger partial charge in [-0.15, -0.1) is 0 Å². The highest BCUT2D eigenvalue weighted by Gasteiger charge is 2.38. The first-order valence-corrected chi connectivity index (χ1v) is 9.87. The van der Waals surface area contributed by atoms with E-state index in [0.717, 1.165) is 0 Å². The van der Waals surface area contributed by atoms with E-state index in [1.54, 1.807) is 5.70 Å². The molecule has 0 N–H and O–H groups in total. The van der Waals surface area contributed by atoms with Crippen molar-refractivity contribution in [2.24, 2.45) is 10.8 Å². The Morgan fingerprint density at radius 2 is 1.75 bits per heavy atom. The van der Waals surface area contributed by atoms with Gasteiger partial charge in [-0.3, -0.25) is 4.90 Å². The molecule has 0 aromatic heterocycles. The molecule has 2 nitrogen and oxygen atoms in total. The van der Waals surface area contributed by atoms with E-state index in [2.05, 4.69) is 62.3 Å². The summed E-state index contributed by atoms with van der Waals surface area (Å²) in [7, 11) is 0. The number of allylic oxidation sites excluding steroid dienone is 5. The van der Waals surface area contributed by atoms with Gasteiger partial charge in [0.05, 0.1) is 0 Å². The van der Waals surface area contributed by atoms with E-state index in [9.17, 15) is 0 Å². The van der Waals surface area contributed by atoms with Crippen molar-refractivity contribution in [3.8, 4) is 0 Å². The van der Waals surface area contributed by atoms with Crippen molar-refractivity contribution in [2.45, 2.75) is 65.8 Å². The molecule has 2 aliphatic carbocycles. The fourth-order valence-corrected chi connectivity index (χ4v) is 4.69. The summed E-state index contributed by atoms with van der Waals surface area (Å²) in [6.45, 7) is 18.6. The Balaban J connectivity index is 1.68. The summed E-state index contributed by atoms with van der Waals surface area (Å²) in [6, 6.07) is 0.672. The summed E-state index contributed by atoms with van der Waals surface area (Å²) < 4.78 is 0. The number of nitrogens with zero attached hydrogens (tertiary/aromatic N) is 2. The SMILES string of the molecule is C=C1C[C@]2(C=CC=C(N3CCN(C(C)C)CC3)C2)CCCC1(C)C. The highest BCUT2D eigenvalue weighted by molar-refractivity contribution is 5.27. The van der Waals surface area contributed by atoms with E-state index >= 15 is 0 Å². The summed E-state index contributed by atoms with van der Waals surface area (Å²) in [5.41, 5.74) is 3.65. The van der Waals surface area contributed by atoms with E-state index in [-0.39, 0.29) is 0 Å². The van der Waals surface area contributed by atoms with E-state index in [1.165, 1.54) is 63.9 Å². The maximum atomic E-state index is 4.47. The molecule has 0 radical (unpaired) electrons. The van der Waals surface area contributed by atoms with Crippen molar-refractivity contribution in [2.75, 3.05) is 26.2 Å². The summed E-state index contributed by atoms with van der Waals surface area (Å²) >= 11 is 0. The maximum Gasteiger partial charge on any atom is 0.0303 e. The third-order valence-corrected chi connectivity index (χ3v) is 6.72. The molecule has 1 saturated heterocycles. The topological polar surface area (TPSA) is 6.48 Å². The zero-order valence-electron chi connectivity index (χ0n) is 16.3. The number of piperazine rings is 1. The minimum Gasteiger partial charge on any atom is -0.372 e. The van der Waals surface area contributed by atoms with Gasteiger partial charge in [-0.25, -0.2) is 0 Å². The van der Waals surface area contributed by atoms with Crippen molar-refractivity contribution in [1.29, 1.82) is 0 Å². The molecule has 0 unspecified atom stereocenters. The number of hydrogen-bond donors (Lipinski definition) is 0. The van der Waals surface area contributed by atoms with Gasteiger partial charge >= 0.3 is 0 Å². The van der Waals surface area contributed by atoms with Gasteiger partial charge in [0.2, 0.25) is 0 Å². The number of hydrogen-bond acceptors (Lipinski definition) is 2. The van der Waals surface area contributed by atoms with Gasteiger partial charge in [-0.05, 0) is 56.4 Å². The van der Waals surface area contributed by atoms with Crippen molar-refractivity contribution >= 4 is 0 Å². The Bertz CT molecular complexity index is 532. The smallest absolute Gasteiger partial charge is 0.0303 e. The van der Waals surface area contributed by atoms with Crippen LogP contribution in [0.4, 0.5) is 0 Å². The van der Waals surface area contributed by atoms with Crippen LogP contribution in [0.1, 0.15) is 59.8 Å². The van der Waals surface area contributed by atoms with Crippen LogP contribution in [0.15, 0.2) is 36.1 Å². The second-order valence-corrected chi connectivity index (χ2v) is 9.19. The van der Waals surface area contributed by atoms with Gasteiger partial charge in [-0.2, -0.15) is 0 Å². The lowest BCUT2D eigenvalue weighted by atomic mass is 9.71. The van der Waals surface area contributed by atoms with Crippen molar-refractivity contribution in [3.05, 3.63) is 36.1 Å². The Kier molecular flexibility index (Phi) is 4.97. The molecule has 2 heteroatoms. The molecular weight excluding hydrogens is 292 g/mol. The molecular formula is C22H36N2. The lowest BCUT2D eigenvalue weighted by Gasteiger charge is -2.43. The molecule has 1 saturated carbocycles. The Hall–Kier alpha value is -1.02. The van der Waals surface area contributed by atoms with E-state index in [1.807, 2.05) is 0 Å². The molecule has 1 aliphatic heterocycles. The molecule has 1 atom stereocenters. The van der Waals surface area contributed by atoms with E-state index in [0.29, 0.717) is 16.9 Å². The zero-order chi connectivity index (χ0) is 17.4. The Labute approximate surface area is 149 Å². The summed E-state index contributed by atoms with van der Waals surface area (Å²) in [4.78, 5) is 5.24. The Morgan fingerprint density at radius 3 is 2.42 bits per heavy atom. The normalized spacial score (nSPS) is 31.5. The average molecular weight is 329 g/mol. The number of rotatable bonds is 2. The van der Waals surface area contributed by atoms with Gasteiger partial charge in [0.1, 0.15) is 0 Å². The van der Waals surface area contributed by atoms with Crippen LogP contribution in [0.25, 0.3) is 0 Å². The van der Waals surface area contributed by atoms with Crippen molar-refractivity contribution in [1.82, 2.24) is 9.80 Å². The van der Waals surface area contributed by atoms with E-state index in [4.69, 9.17) is 0 Å². The summed E-state index contributed by atoms with van der Waals surface area (Å²) in [6.07, 6.45) is 13.5. The summed E-state index contributed by atoms with van der Waals surface area (Å²) in [5, 5.41) is 0. The molecule has 2 fully saturated rings. The van der Waals surface area contributed by atoms with Crippen LogP contribution in [0.5, 0.6) is 0 Å². The third-order valence-electron chi connectivity index (χ3n) is 6.72. The lowest BCUT2D eigenvalue weighted by Crippen LogP contribution is -2.48. The fourth-order valence-electron chi connectivity index (χ4n) is 4.69. The molecule has 0 bridgehead atoms. The van der Waals surface area contributed by atoms with Crippen molar-refractivity contribution < 1.29 is 0 Å².